The zero-order valence-corrected chi connectivity index (χ0v) is 41.2. The summed E-state index contributed by atoms with van der Waals surface area (Å²) in [7, 11) is -1.37. The van der Waals surface area contributed by atoms with Crippen LogP contribution in [0.2, 0.25) is 19.6 Å². The number of aromatic nitrogens is 4. The van der Waals surface area contributed by atoms with Gasteiger partial charge < -0.3 is 14.1 Å². The standard InChI is InChI=1S/C37H32N3.C19H26NSi.Ir/c1-24(2)28-16-12-17-29(25(3)4)36(28)40-35-20-11-9-18-32(35)38-37(40)26-21-22-34-31(23-26)30-15-8-10-19-33(30)39(34)27-13-6-5-7-14-27;1-19(2,3)13-16-12-17(15-10-8-7-9-11-15)20-14-18(16)21(4,5)6;/h5-20,22-25H,1-4H3;7-10,12,14H,13H2,1-6H3;/q2*-1;. The number of rotatable bonds is 8. The van der Waals surface area contributed by atoms with E-state index in [2.05, 4.69) is 217 Å². The molecule has 9 rings (SSSR count). The second-order valence-electron chi connectivity index (χ2n) is 19.2. The van der Waals surface area contributed by atoms with Gasteiger partial charge in [-0.1, -0.05) is 152 Å². The number of hydrogen-bond donors (Lipinski definition) is 0. The normalized spacial score (nSPS) is 11.9. The average molecular weight is 1010 g/mol. The first-order chi connectivity index (χ1) is 29.2. The summed E-state index contributed by atoms with van der Waals surface area (Å²) < 4.78 is 4.72. The van der Waals surface area contributed by atoms with Gasteiger partial charge in [0.05, 0.1) is 24.9 Å². The van der Waals surface area contributed by atoms with Crippen molar-refractivity contribution in [2.45, 2.75) is 86.4 Å². The Morgan fingerprint density at radius 1 is 0.629 bits per heavy atom. The van der Waals surface area contributed by atoms with Crippen LogP contribution >= 0.6 is 0 Å². The second kappa shape index (κ2) is 18.1. The van der Waals surface area contributed by atoms with E-state index in [9.17, 15) is 0 Å². The first-order valence-electron chi connectivity index (χ1n) is 21.8. The van der Waals surface area contributed by atoms with Gasteiger partial charge in [-0.15, -0.1) is 59.7 Å². The molecule has 0 N–H and O–H groups in total. The van der Waals surface area contributed by atoms with E-state index in [0.717, 1.165) is 51.3 Å². The van der Waals surface area contributed by atoms with Crippen molar-refractivity contribution in [3.8, 4) is 34.0 Å². The van der Waals surface area contributed by atoms with Crippen LogP contribution in [-0.4, -0.2) is 27.2 Å². The van der Waals surface area contributed by atoms with Crippen molar-refractivity contribution in [1.29, 1.82) is 0 Å². The van der Waals surface area contributed by atoms with Gasteiger partial charge in [0.15, 0.2) is 0 Å². The van der Waals surface area contributed by atoms with Crippen molar-refractivity contribution >= 4 is 46.1 Å². The van der Waals surface area contributed by atoms with E-state index in [-0.39, 0.29) is 25.5 Å². The first kappa shape index (κ1) is 44.7. The third kappa shape index (κ3) is 9.06. The van der Waals surface area contributed by atoms with Crippen LogP contribution in [0.5, 0.6) is 0 Å². The van der Waals surface area contributed by atoms with Gasteiger partial charge in [-0.25, -0.2) is 0 Å². The van der Waals surface area contributed by atoms with Crippen molar-refractivity contribution in [1.82, 2.24) is 19.1 Å². The molecule has 62 heavy (non-hydrogen) atoms. The summed E-state index contributed by atoms with van der Waals surface area (Å²) in [5.41, 5.74) is 14.4. The Morgan fingerprint density at radius 2 is 1.27 bits per heavy atom. The number of para-hydroxylation sites is 5. The Morgan fingerprint density at radius 3 is 1.92 bits per heavy atom. The molecule has 0 atom stereocenters. The van der Waals surface area contributed by atoms with Gasteiger partial charge in [0.25, 0.3) is 0 Å². The third-order valence-corrected chi connectivity index (χ3v) is 13.6. The molecular weight excluding hydrogens is 949 g/mol. The topological polar surface area (TPSA) is 35.6 Å². The molecule has 0 fully saturated rings. The van der Waals surface area contributed by atoms with Crippen LogP contribution in [0.4, 0.5) is 0 Å². The molecular formula is C56H58IrN4Si-2. The molecule has 6 aromatic carbocycles. The van der Waals surface area contributed by atoms with E-state index >= 15 is 0 Å². The minimum Gasteiger partial charge on any atom is -0.351 e. The van der Waals surface area contributed by atoms with Gasteiger partial charge in [0.1, 0.15) is 0 Å². The zero-order valence-electron chi connectivity index (χ0n) is 37.8. The van der Waals surface area contributed by atoms with Crippen molar-refractivity contribution in [3.05, 3.63) is 175 Å². The fourth-order valence-corrected chi connectivity index (χ4v) is 10.3. The smallest absolute Gasteiger partial charge is 0.0798 e. The SMILES string of the molecule is CC(C)(C)Cc1cc(-c2[c-]cccc2)ncc1[Si](C)(C)C.CC(C)c1cccc(C(C)C)c1-n1c(-c2[c-]cc3c(c2)c2ccccc2n3-c2ccccc2)nc2ccccc21.[Ir]. The zero-order chi connectivity index (χ0) is 43.1. The molecule has 3 heterocycles. The second-order valence-corrected chi connectivity index (χ2v) is 24.2. The van der Waals surface area contributed by atoms with Crippen molar-refractivity contribution < 1.29 is 20.1 Å². The van der Waals surface area contributed by atoms with E-state index in [1.807, 2.05) is 18.2 Å². The number of benzene rings is 6. The van der Waals surface area contributed by atoms with Crippen LogP contribution in [0.3, 0.4) is 0 Å². The Hall–Kier alpha value is -5.39. The number of fused-ring (bicyclic) bond motifs is 4. The monoisotopic (exact) mass is 1010 g/mol. The number of hydrogen-bond acceptors (Lipinski definition) is 2. The summed E-state index contributed by atoms with van der Waals surface area (Å²) in [6, 6.07) is 56.2. The summed E-state index contributed by atoms with van der Waals surface area (Å²) >= 11 is 0. The Labute approximate surface area is 383 Å². The summed E-state index contributed by atoms with van der Waals surface area (Å²) in [4.78, 5) is 9.95. The van der Waals surface area contributed by atoms with Gasteiger partial charge >= 0.3 is 0 Å². The average Bonchev–Trinajstić information content (AvgIpc) is 3.79. The molecule has 9 aromatic rings. The molecule has 3 aromatic heterocycles. The van der Waals surface area contributed by atoms with E-state index in [0.29, 0.717) is 11.8 Å². The summed E-state index contributed by atoms with van der Waals surface area (Å²) in [5, 5.41) is 3.91. The maximum atomic E-state index is 5.24. The van der Waals surface area contributed by atoms with Gasteiger partial charge in [-0.2, -0.15) is 0 Å². The maximum Gasteiger partial charge on any atom is 0.0798 e. The molecule has 0 aliphatic heterocycles. The van der Waals surface area contributed by atoms with Crippen LogP contribution in [0.1, 0.15) is 77.0 Å². The molecule has 0 spiro atoms. The Bertz CT molecular complexity index is 2940. The molecule has 6 heteroatoms. The fraction of sp³-hybridized carbons (Fsp3) is 0.250. The van der Waals surface area contributed by atoms with Crippen LogP contribution in [-0.2, 0) is 26.5 Å². The largest absolute Gasteiger partial charge is 0.351 e. The summed E-state index contributed by atoms with van der Waals surface area (Å²) in [5.74, 6) is 1.67. The Kier molecular flexibility index (Phi) is 13.1. The number of imidazole rings is 1. The van der Waals surface area contributed by atoms with Crippen molar-refractivity contribution in [2.75, 3.05) is 0 Å². The minimum atomic E-state index is -1.37. The molecule has 0 unspecified atom stereocenters. The van der Waals surface area contributed by atoms with Crippen LogP contribution in [0.15, 0.2) is 146 Å². The molecule has 4 nitrogen and oxygen atoms in total. The molecule has 0 saturated heterocycles. The van der Waals surface area contributed by atoms with E-state index in [4.69, 9.17) is 9.97 Å². The van der Waals surface area contributed by atoms with E-state index in [1.165, 1.54) is 43.9 Å². The van der Waals surface area contributed by atoms with Gasteiger partial charge in [-0.05, 0) is 86.9 Å². The van der Waals surface area contributed by atoms with Crippen molar-refractivity contribution in [3.63, 3.8) is 0 Å². The molecule has 0 bridgehead atoms. The molecule has 1 radical (unpaired) electrons. The predicted octanol–water partition coefficient (Wildman–Crippen LogP) is 14.5. The minimum absolute atomic E-state index is 0. The molecule has 0 aliphatic carbocycles. The molecule has 0 saturated carbocycles. The molecule has 0 amide bonds. The van der Waals surface area contributed by atoms with Crippen LogP contribution in [0.25, 0.3) is 66.9 Å². The summed E-state index contributed by atoms with van der Waals surface area (Å²) in [6.07, 6.45) is 3.21. The first-order valence-corrected chi connectivity index (χ1v) is 25.3. The van der Waals surface area contributed by atoms with Crippen molar-refractivity contribution in [2.24, 2.45) is 5.41 Å². The quantitative estimate of drug-likeness (QED) is 0.112. The predicted molar refractivity (Wildman–Crippen MR) is 263 cm³/mol. The molecule has 317 valence electrons. The van der Waals surface area contributed by atoms with Gasteiger partial charge in [-0.3, -0.25) is 4.98 Å². The van der Waals surface area contributed by atoms with Gasteiger partial charge in [0, 0.05) is 43.2 Å². The van der Waals surface area contributed by atoms with E-state index in [1.54, 1.807) is 0 Å². The number of nitrogens with zero attached hydrogens (tertiary/aromatic N) is 4. The maximum absolute atomic E-state index is 5.24. The van der Waals surface area contributed by atoms with Crippen LogP contribution < -0.4 is 5.19 Å². The molecule has 0 aliphatic rings. The third-order valence-electron chi connectivity index (χ3n) is 11.5. The summed E-state index contributed by atoms with van der Waals surface area (Å²) in [6.45, 7) is 23.2. The number of pyridine rings is 1. The van der Waals surface area contributed by atoms with E-state index < -0.39 is 8.07 Å². The fourth-order valence-electron chi connectivity index (χ4n) is 8.69. The van der Waals surface area contributed by atoms with Gasteiger partial charge in [0.2, 0.25) is 0 Å². The Balaban J connectivity index is 0.000000223. The van der Waals surface area contributed by atoms with Crippen LogP contribution in [0, 0.1) is 17.5 Å².